The Morgan fingerprint density at radius 3 is 3.12 bits per heavy atom. The number of rotatable bonds is 1. The van der Waals surface area contributed by atoms with Crippen molar-refractivity contribution in [1.29, 1.82) is 0 Å². The first-order valence-electron chi connectivity index (χ1n) is 5.69. The summed E-state index contributed by atoms with van der Waals surface area (Å²) in [6.07, 6.45) is 2.34. The molecule has 1 aliphatic carbocycles. The minimum atomic E-state index is -0.00324. The summed E-state index contributed by atoms with van der Waals surface area (Å²) >= 11 is 1.61. The van der Waals surface area contributed by atoms with Gasteiger partial charge in [0.2, 0.25) is 5.91 Å². The molecule has 7 heteroatoms. The smallest absolute Gasteiger partial charge is 0.229 e. The van der Waals surface area contributed by atoms with Gasteiger partial charge in [0.1, 0.15) is 0 Å². The molecule has 2 aliphatic rings. The topological polar surface area (TPSA) is 83.0 Å². The highest BCUT2D eigenvalue weighted by Gasteiger charge is 2.28. The molecule has 1 aliphatic heterocycles. The summed E-state index contributed by atoms with van der Waals surface area (Å²) in [6, 6.07) is 0. The molecule has 90 valence electrons. The van der Waals surface area contributed by atoms with Crippen LogP contribution in [0.15, 0.2) is 4.99 Å². The third-order valence-corrected chi connectivity index (χ3v) is 3.95. The highest BCUT2D eigenvalue weighted by atomic mass is 32.2. The Bertz CT molecular complexity index is 469. The lowest BCUT2D eigenvalue weighted by Gasteiger charge is -2.19. The van der Waals surface area contributed by atoms with E-state index < -0.39 is 0 Å². The van der Waals surface area contributed by atoms with Gasteiger partial charge in [-0.05, 0) is 12.8 Å². The van der Waals surface area contributed by atoms with Gasteiger partial charge in [0, 0.05) is 18.1 Å². The SMILES string of the molecule is O=C(NC1=NCCS1)C1CCc2n[nH]nc2C1. The number of nitrogens with one attached hydrogen (secondary N) is 2. The van der Waals surface area contributed by atoms with Gasteiger partial charge in [0.15, 0.2) is 5.17 Å². The van der Waals surface area contributed by atoms with E-state index in [0.29, 0.717) is 6.42 Å². The van der Waals surface area contributed by atoms with Gasteiger partial charge in [-0.2, -0.15) is 15.4 Å². The van der Waals surface area contributed by atoms with Crippen molar-refractivity contribution >= 4 is 22.8 Å². The summed E-state index contributed by atoms with van der Waals surface area (Å²) < 4.78 is 0. The van der Waals surface area contributed by atoms with Crippen LogP contribution in [0.4, 0.5) is 0 Å². The van der Waals surface area contributed by atoms with Crippen LogP contribution in [-0.4, -0.2) is 38.8 Å². The van der Waals surface area contributed by atoms with Crippen LogP contribution in [0.5, 0.6) is 0 Å². The van der Waals surface area contributed by atoms with Crippen molar-refractivity contribution < 1.29 is 4.79 Å². The molecule has 0 bridgehead atoms. The fourth-order valence-electron chi connectivity index (χ4n) is 2.13. The number of carbonyl (C=O) groups is 1. The quantitative estimate of drug-likeness (QED) is 0.743. The first-order valence-corrected chi connectivity index (χ1v) is 6.68. The number of fused-ring (bicyclic) bond motifs is 1. The van der Waals surface area contributed by atoms with Crippen molar-refractivity contribution in [3.63, 3.8) is 0 Å². The van der Waals surface area contributed by atoms with Gasteiger partial charge in [0.25, 0.3) is 0 Å². The van der Waals surface area contributed by atoms with E-state index >= 15 is 0 Å². The Kier molecular flexibility index (Phi) is 2.84. The number of carbonyl (C=O) groups excluding carboxylic acids is 1. The molecule has 6 nitrogen and oxygen atoms in total. The predicted molar refractivity (Wildman–Crippen MR) is 64.8 cm³/mol. The molecule has 1 atom stereocenters. The Morgan fingerprint density at radius 1 is 1.41 bits per heavy atom. The van der Waals surface area contributed by atoms with E-state index in [-0.39, 0.29) is 11.8 Å². The second-order valence-electron chi connectivity index (χ2n) is 4.18. The lowest BCUT2D eigenvalue weighted by atomic mass is 9.89. The summed E-state index contributed by atoms with van der Waals surface area (Å²) in [5.41, 5.74) is 1.93. The Hall–Kier alpha value is -1.37. The van der Waals surface area contributed by atoms with Crippen LogP contribution in [-0.2, 0) is 17.6 Å². The number of hydrogen-bond acceptors (Lipinski definition) is 5. The van der Waals surface area contributed by atoms with E-state index in [9.17, 15) is 4.79 Å². The largest absolute Gasteiger partial charge is 0.305 e. The van der Waals surface area contributed by atoms with E-state index in [1.165, 1.54) is 0 Å². The monoisotopic (exact) mass is 251 g/mol. The summed E-state index contributed by atoms with van der Waals surface area (Å²) in [5.74, 6) is 1.02. The maximum Gasteiger partial charge on any atom is 0.229 e. The zero-order valence-corrected chi connectivity index (χ0v) is 10.1. The minimum absolute atomic E-state index is 0.00324. The van der Waals surface area contributed by atoms with Crippen LogP contribution in [0.25, 0.3) is 0 Å². The first-order chi connectivity index (χ1) is 8.33. The Morgan fingerprint density at radius 2 is 2.29 bits per heavy atom. The Labute approximate surface area is 103 Å². The lowest BCUT2D eigenvalue weighted by Crippen LogP contribution is -2.36. The van der Waals surface area contributed by atoms with Crippen LogP contribution in [0.1, 0.15) is 17.8 Å². The zero-order chi connectivity index (χ0) is 11.7. The fraction of sp³-hybridized carbons (Fsp3) is 0.600. The number of amides is 1. The van der Waals surface area contributed by atoms with Gasteiger partial charge in [-0.25, -0.2) is 0 Å². The molecular formula is C10H13N5OS. The maximum atomic E-state index is 12.0. The van der Waals surface area contributed by atoms with Crippen molar-refractivity contribution in [2.24, 2.45) is 10.9 Å². The van der Waals surface area contributed by atoms with E-state index in [1.54, 1.807) is 11.8 Å². The molecule has 3 rings (SSSR count). The summed E-state index contributed by atoms with van der Waals surface area (Å²) in [5, 5.41) is 14.4. The van der Waals surface area contributed by atoms with E-state index in [0.717, 1.165) is 41.7 Å². The number of thioether (sulfide) groups is 1. The number of aryl methyl sites for hydroxylation is 1. The molecule has 0 aromatic carbocycles. The van der Waals surface area contributed by atoms with E-state index in [4.69, 9.17) is 0 Å². The van der Waals surface area contributed by atoms with Crippen LogP contribution in [0.3, 0.4) is 0 Å². The molecule has 2 N–H and O–H groups in total. The highest BCUT2D eigenvalue weighted by molar-refractivity contribution is 8.14. The van der Waals surface area contributed by atoms with Crippen molar-refractivity contribution in [2.75, 3.05) is 12.3 Å². The predicted octanol–water partition coefficient (Wildman–Crippen LogP) is 0.129. The van der Waals surface area contributed by atoms with Crippen molar-refractivity contribution in [3.05, 3.63) is 11.4 Å². The zero-order valence-electron chi connectivity index (χ0n) is 9.27. The average Bonchev–Trinajstić information content (AvgIpc) is 2.97. The van der Waals surface area contributed by atoms with Crippen LogP contribution >= 0.6 is 11.8 Å². The van der Waals surface area contributed by atoms with Crippen LogP contribution in [0.2, 0.25) is 0 Å². The minimum Gasteiger partial charge on any atom is -0.305 e. The molecule has 0 spiro atoms. The second kappa shape index (κ2) is 4.48. The van der Waals surface area contributed by atoms with Crippen molar-refractivity contribution in [1.82, 2.24) is 20.7 Å². The third kappa shape index (κ3) is 2.19. The van der Waals surface area contributed by atoms with Crippen molar-refractivity contribution in [3.8, 4) is 0 Å². The molecule has 0 saturated heterocycles. The number of H-pyrrole nitrogens is 1. The molecule has 0 radical (unpaired) electrons. The first kappa shape index (κ1) is 10.8. The lowest BCUT2D eigenvalue weighted by molar-refractivity contribution is -0.123. The van der Waals surface area contributed by atoms with E-state index in [2.05, 4.69) is 25.7 Å². The van der Waals surface area contributed by atoms with Gasteiger partial charge in [-0.15, -0.1) is 0 Å². The molecule has 2 heterocycles. The van der Waals surface area contributed by atoms with E-state index in [1.807, 2.05) is 0 Å². The van der Waals surface area contributed by atoms with Gasteiger partial charge in [-0.3, -0.25) is 9.79 Å². The number of aromatic amines is 1. The maximum absolute atomic E-state index is 12.0. The molecule has 1 aromatic heterocycles. The number of nitrogens with zero attached hydrogens (tertiary/aromatic N) is 3. The number of amidine groups is 1. The second-order valence-corrected chi connectivity index (χ2v) is 5.26. The normalized spacial score (nSPS) is 23.1. The third-order valence-electron chi connectivity index (χ3n) is 3.06. The molecule has 1 aromatic rings. The summed E-state index contributed by atoms with van der Waals surface area (Å²) in [7, 11) is 0. The van der Waals surface area contributed by atoms with Gasteiger partial charge >= 0.3 is 0 Å². The number of aromatic nitrogens is 3. The highest BCUT2D eigenvalue weighted by Crippen LogP contribution is 2.22. The van der Waals surface area contributed by atoms with Gasteiger partial charge in [-0.1, -0.05) is 11.8 Å². The fourth-order valence-corrected chi connectivity index (χ4v) is 2.86. The molecule has 17 heavy (non-hydrogen) atoms. The summed E-state index contributed by atoms with van der Waals surface area (Å²) in [6.45, 7) is 0.804. The summed E-state index contributed by atoms with van der Waals surface area (Å²) in [4.78, 5) is 16.2. The van der Waals surface area contributed by atoms with Gasteiger partial charge < -0.3 is 5.32 Å². The molecule has 0 fully saturated rings. The van der Waals surface area contributed by atoms with Crippen molar-refractivity contribution in [2.45, 2.75) is 19.3 Å². The Balaban J connectivity index is 1.64. The van der Waals surface area contributed by atoms with Crippen LogP contribution in [0, 0.1) is 5.92 Å². The number of aliphatic imine (C=N–C) groups is 1. The molecule has 0 saturated carbocycles. The molecule has 1 unspecified atom stereocenters. The number of hydrogen-bond donors (Lipinski definition) is 2. The van der Waals surface area contributed by atoms with Gasteiger partial charge in [0.05, 0.1) is 17.9 Å². The molecular weight excluding hydrogens is 238 g/mol. The average molecular weight is 251 g/mol. The standard InChI is InChI=1S/C10H13N5OS/c16-9(12-10-11-3-4-17-10)6-1-2-7-8(5-6)14-15-13-7/h6H,1-5H2,(H,11,12,16)(H,13,14,15). The molecule has 1 amide bonds. The van der Waals surface area contributed by atoms with Crippen LogP contribution < -0.4 is 5.32 Å².